The summed E-state index contributed by atoms with van der Waals surface area (Å²) in [5.74, 6) is 0. The number of hydrogen-bond acceptors (Lipinski definition) is 1. The fourth-order valence-electron chi connectivity index (χ4n) is 1.38. The zero-order valence-corrected chi connectivity index (χ0v) is 9.01. The average molecular weight is 182 g/mol. The molecule has 13 heavy (non-hydrogen) atoms. The number of hydrogen-bond donors (Lipinski definition) is 0. The number of carbonyl (C=O) groups is 1. The van der Waals surface area contributed by atoms with Crippen LogP contribution in [0.5, 0.6) is 0 Å². The first-order valence-corrected chi connectivity index (χ1v) is 5.45. The van der Waals surface area contributed by atoms with Crippen LogP contribution in [-0.2, 0) is 4.79 Å². The van der Waals surface area contributed by atoms with Gasteiger partial charge in [0.1, 0.15) is 6.29 Å². The lowest BCUT2D eigenvalue weighted by Crippen LogP contribution is -1.85. The van der Waals surface area contributed by atoms with Crippen molar-refractivity contribution in [1.29, 1.82) is 0 Å². The van der Waals surface area contributed by atoms with E-state index in [0.717, 1.165) is 18.3 Å². The van der Waals surface area contributed by atoms with E-state index in [1.54, 1.807) is 0 Å². The van der Waals surface area contributed by atoms with Crippen molar-refractivity contribution in [3.8, 4) is 0 Å². The van der Waals surface area contributed by atoms with E-state index in [2.05, 4.69) is 6.92 Å². The number of aldehydes is 1. The van der Waals surface area contributed by atoms with Gasteiger partial charge >= 0.3 is 0 Å². The van der Waals surface area contributed by atoms with Crippen molar-refractivity contribution in [2.75, 3.05) is 0 Å². The quantitative estimate of drug-likeness (QED) is 0.316. The Bertz CT molecular complexity index is 147. The lowest BCUT2D eigenvalue weighted by atomic mass is 10.1. The SMILES string of the molecule is CC=C(C=O)CCCCCCCC. The Hall–Kier alpha value is -0.590. The van der Waals surface area contributed by atoms with Crippen LogP contribution >= 0.6 is 0 Å². The fraction of sp³-hybridized carbons (Fsp3) is 0.750. The van der Waals surface area contributed by atoms with E-state index >= 15 is 0 Å². The van der Waals surface area contributed by atoms with Gasteiger partial charge in [-0.15, -0.1) is 0 Å². The van der Waals surface area contributed by atoms with Crippen LogP contribution in [0.25, 0.3) is 0 Å². The van der Waals surface area contributed by atoms with Gasteiger partial charge in [0, 0.05) is 0 Å². The van der Waals surface area contributed by atoms with Gasteiger partial charge in [-0.05, 0) is 25.3 Å². The standard InChI is InChI=1S/C12H22O/c1-3-5-6-7-8-9-10-12(4-2)11-13/h4,11H,3,5-10H2,1-2H3. The van der Waals surface area contributed by atoms with Gasteiger partial charge in [-0.2, -0.15) is 0 Å². The van der Waals surface area contributed by atoms with Crippen LogP contribution < -0.4 is 0 Å². The minimum absolute atomic E-state index is 0.954. The maximum atomic E-state index is 10.4. The minimum atomic E-state index is 0.954. The van der Waals surface area contributed by atoms with E-state index in [1.807, 2.05) is 13.0 Å². The van der Waals surface area contributed by atoms with Gasteiger partial charge in [-0.25, -0.2) is 0 Å². The molecule has 0 saturated heterocycles. The van der Waals surface area contributed by atoms with Gasteiger partial charge in [-0.1, -0.05) is 45.1 Å². The average Bonchev–Trinajstić information content (AvgIpc) is 2.17. The van der Waals surface area contributed by atoms with Gasteiger partial charge in [0.15, 0.2) is 0 Å². The summed E-state index contributed by atoms with van der Waals surface area (Å²) in [7, 11) is 0. The molecule has 76 valence electrons. The van der Waals surface area contributed by atoms with Crippen molar-refractivity contribution in [3.05, 3.63) is 11.6 Å². The Labute approximate surface area is 82.2 Å². The van der Waals surface area contributed by atoms with Crippen molar-refractivity contribution in [3.63, 3.8) is 0 Å². The van der Waals surface area contributed by atoms with Crippen LogP contribution in [0.1, 0.15) is 58.8 Å². The van der Waals surface area contributed by atoms with E-state index in [4.69, 9.17) is 0 Å². The van der Waals surface area contributed by atoms with Gasteiger partial charge in [-0.3, -0.25) is 4.79 Å². The van der Waals surface area contributed by atoms with Crippen LogP contribution in [0, 0.1) is 0 Å². The van der Waals surface area contributed by atoms with Crippen LogP contribution in [-0.4, -0.2) is 6.29 Å². The summed E-state index contributed by atoms with van der Waals surface area (Å²) in [6.07, 6.45) is 11.6. The van der Waals surface area contributed by atoms with E-state index in [1.165, 1.54) is 38.5 Å². The normalized spacial score (nSPS) is 11.7. The molecule has 0 rings (SSSR count). The third-order valence-corrected chi connectivity index (χ3v) is 2.34. The molecule has 0 N–H and O–H groups in total. The Morgan fingerprint density at radius 3 is 2.23 bits per heavy atom. The third kappa shape index (κ3) is 7.76. The highest BCUT2D eigenvalue weighted by atomic mass is 16.1. The van der Waals surface area contributed by atoms with Gasteiger partial charge < -0.3 is 0 Å². The Morgan fingerprint density at radius 1 is 1.08 bits per heavy atom. The molecule has 0 spiro atoms. The van der Waals surface area contributed by atoms with E-state index in [9.17, 15) is 4.79 Å². The van der Waals surface area contributed by atoms with E-state index in [-0.39, 0.29) is 0 Å². The molecule has 0 bridgehead atoms. The summed E-state index contributed by atoms with van der Waals surface area (Å²) in [6, 6.07) is 0. The summed E-state index contributed by atoms with van der Waals surface area (Å²) in [4.78, 5) is 10.4. The topological polar surface area (TPSA) is 17.1 Å². The molecule has 1 heteroatoms. The second-order valence-electron chi connectivity index (χ2n) is 3.50. The molecule has 0 aromatic carbocycles. The molecule has 0 aliphatic carbocycles. The smallest absolute Gasteiger partial charge is 0.145 e. The summed E-state index contributed by atoms with van der Waals surface area (Å²) < 4.78 is 0. The van der Waals surface area contributed by atoms with Crippen molar-refractivity contribution in [1.82, 2.24) is 0 Å². The van der Waals surface area contributed by atoms with Crippen LogP contribution in [0.2, 0.25) is 0 Å². The van der Waals surface area contributed by atoms with Crippen molar-refractivity contribution in [2.45, 2.75) is 58.8 Å². The second kappa shape index (κ2) is 9.50. The predicted molar refractivity (Wildman–Crippen MR) is 57.8 cm³/mol. The van der Waals surface area contributed by atoms with Crippen LogP contribution in [0.3, 0.4) is 0 Å². The molecule has 0 atom stereocenters. The van der Waals surface area contributed by atoms with Gasteiger partial charge in [0.2, 0.25) is 0 Å². The monoisotopic (exact) mass is 182 g/mol. The van der Waals surface area contributed by atoms with Gasteiger partial charge in [0.25, 0.3) is 0 Å². The third-order valence-electron chi connectivity index (χ3n) is 2.34. The molecule has 0 aromatic rings. The zero-order chi connectivity index (χ0) is 9.94. The Morgan fingerprint density at radius 2 is 1.69 bits per heavy atom. The van der Waals surface area contributed by atoms with Gasteiger partial charge in [0.05, 0.1) is 0 Å². The lowest BCUT2D eigenvalue weighted by molar-refractivity contribution is -0.105. The minimum Gasteiger partial charge on any atom is -0.298 e. The first-order valence-electron chi connectivity index (χ1n) is 5.45. The fourth-order valence-corrected chi connectivity index (χ4v) is 1.38. The summed E-state index contributed by atoms with van der Waals surface area (Å²) in [5.41, 5.74) is 0.954. The van der Waals surface area contributed by atoms with E-state index in [0.29, 0.717) is 0 Å². The molecule has 0 amide bonds. The largest absolute Gasteiger partial charge is 0.298 e. The molecule has 0 fully saturated rings. The molecule has 0 saturated carbocycles. The number of rotatable bonds is 8. The molecule has 0 unspecified atom stereocenters. The number of carbonyl (C=O) groups excluding carboxylic acids is 1. The van der Waals surface area contributed by atoms with Crippen LogP contribution in [0.4, 0.5) is 0 Å². The van der Waals surface area contributed by atoms with E-state index < -0.39 is 0 Å². The molecule has 0 heterocycles. The Balaban J connectivity index is 3.20. The lowest BCUT2D eigenvalue weighted by Gasteiger charge is -2.00. The van der Waals surface area contributed by atoms with Crippen molar-refractivity contribution >= 4 is 6.29 Å². The summed E-state index contributed by atoms with van der Waals surface area (Å²) in [6.45, 7) is 4.16. The summed E-state index contributed by atoms with van der Waals surface area (Å²) in [5, 5.41) is 0. The maximum Gasteiger partial charge on any atom is 0.145 e. The first kappa shape index (κ1) is 12.4. The highest BCUT2D eigenvalue weighted by Crippen LogP contribution is 2.10. The molecule has 0 radical (unpaired) electrons. The maximum absolute atomic E-state index is 10.4. The predicted octanol–water partition coefficient (Wildman–Crippen LogP) is 3.88. The Kier molecular flexibility index (Phi) is 9.07. The molecule has 1 nitrogen and oxygen atoms in total. The molecular weight excluding hydrogens is 160 g/mol. The molecule has 0 aromatic heterocycles. The summed E-state index contributed by atoms with van der Waals surface area (Å²) >= 11 is 0. The van der Waals surface area contributed by atoms with Crippen molar-refractivity contribution < 1.29 is 4.79 Å². The molecular formula is C12H22O. The molecule has 0 aliphatic heterocycles. The highest BCUT2D eigenvalue weighted by molar-refractivity contribution is 5.72. The first-order chi connectivity index (χ1) is 6.35. The zero-order valence-electron chi connectivity index (χ0n) is 9.01. The number of unbranched alkanes of at least 4 members (excludes halogenated alkanes) is 5. The van der Waals surface area contributed by atoms with Crippen molar-refractivity contribution in [2.24, 2.45) is 0 Å². The molecule has 0 aliphatic rings. The van der Waals surface area contributed by atoms with Crippen LogP contribution in [0.15, 0.2) is 11.6 Å². The number of allylic oxidation sites excluding steroid dienone is 2. The highest BCUT2D eigenvalue weighted by Gasteiger charge is 1.94. The second-order valence-corrected chi connectivity index (χ2v) is 3.50.